The summed E-state index contributed by atoms with van der Waals surface area (Å²) >= 11 is 0. The Morgan fingerprint density at radius 1 is 1.12 bits per heavy atom. The highest BCUT2D eigenvalue weighted by atomic mass is 16.6. The summed E-state index contributed by atoms with van der Waals surface area (Å²) in [6.45, 7) is 3.60. The maximum Gasteiger partial charge on any atom is 0.325 e. The summed E-state index contributed by atoms with van der Waals surface area (Å²) in [5.41, 5.74) is 2.89. The molecule has 0 atom stereocenters. The van der Waals surface area contributed by atoms with Gasteiger partial charge in [0.15, 0.2) is 0 Å². The van der Waals surface area contributed by atoms with Crippen LogP contribution in [0.1, 0.15) is 11.1 Å². The zero-order valence-electron chi connectivity index (χ0n) is 13.8. The number of hydrogen-bond donors (Lipinski definition) is 3. The number of imide groups is 1. The molecule has 0 radical (unpaired) electrons. The van der Waals surface area contributed by atoms with Crippen LogP contribution in [0.5, 0.6) is 0 Å². The molecule has 8 nitrogen and oxygen atoms in total. The van der Waals surface area contributed by atoms with Gasteiger partial charge in [-0.25, -0.2) is 4.79 Å². The monoisotopic (exact) mass is 342 g/mol. The molecular formula is C17H18N4O4. The predicted octanol–water partition coefficient (Wildman–Crippen LogP) is 2.97. The number of carbonyl (C=O) groups is 2. The van der Waals surface area contributed by atoms with Gasteiger partial charge < -0.3 is 10.6 Å². The summed E-state index contributed by atoms with van der Waals surface area (Å²) in [5, 5.41) is 18.3. The largest absolute Gasteiger partial charge is 0.376 e. The van der Waals surface area contributed by atoms with E-state index < -0.39 is 16.9 Å². The molecule has 0 bridgehead atoms. The standard InChI is InChI=1S/C17H18N4O4/c1-11-5-3-8-15(12(11)2)19-17(23)20-16(22)10-18-13-6-4-7-14(9-13)21(24)25/h3-9,18H,10H2,1-2H3,(H2,19,20,22,23). The van der Waals surface area contributed by atoms with Gasteiger partial charge in [-0.15, -0.1) is 0 Å². The number of nitro benzene ring substituents is 1. The summed E-state index contributed by atoms with van der Waals surface area (Å²) in [6, 6.07) is 10.6. The normalized spacial score (nSPS) is 10.0. The molecule has 2 aromatic rings. The van der Waals surface area contributed by atoms with E-state index >= 15 is 0 Å². The molecule has 0 spiro atoms. The minimum Gasteiger partial charge on any atom is -0.376 e. The van der Waals surface area contributed by atoms with Crippen molar-refractivity contribution in [2.75, 3.05) is 17.2 Å². The van der Waals surface area contributed by atoms with Crippen LogP contribution in [0, 0.1) is 24.0 Å². The van der Waals surface area contributed by atoms with Crippen molar-refractivity contribution in [2.45, 2.75) is 13.8 Å². The van der Waals surface area contributed by atoms with E-state index in [0.29, 0.717) is 11.4 Å². The highest BCUT2D eigenvalue weighted by molar-refractivity contribution is 6.02. The third kappa shape index (κ3) is 5.03. The van der Waals surface area contributed by atoms with Crippen molar-refractivity contribution < 1.29 is 14.5 Å². The molecule has 0 saturated carbocycles. The van der Waals surface area contributed by atoms with Crippen molar-refractivity contribution >= 4 is 29.0 Å². The lowest BCUT2D eigenvalue weighted by atomic mass is 10.1. The fraction of sp³-hybridized carbons (Fsp3) is 0.176. The van der Waals surface area contributed by atoms with E-state index in [4.69, 9.17) is 0 Å². The average Bonchev–Trinajstić information content (AvgIpc) is 2.57. The highest BCUT2D eigenvalue weighted by Crippen LogP contribution is 2.18. The molecular weight excluding hydrogens is 324 g/mol. The van der Waals surface area contributed by atoms with Gasteiger partial charge in [-0.1, -0.05) is 18.2 Å². The third-order valence-electron chi connectivity index (χ3n) is 3.62. The number of anilines is 2. The fourth-order valence-electron chi connectivity index (χ4n) is 2.12. The van der Waals surface area contributed by atoms with Gasteiger partial charge in [-0.2, -0.15) is 0 Å². The molecule has 0 fully saturated rings. The van der Waals surface area contributed by atoms with E-state index in [-0.39, 0.29) is 12.2 Å². The average molecular weight is 342 g/mol. The molecule has 0 aromatic heterocycles. The van der Waals surface area contributed by atoms with E-state index in [2.05, 4.69) is 16.0 Å². The number of non-ortho nitro benzene ring substituents is 1. The van der Waals surface area contributed by atoms with Crippen LogP contribution in [0.15, 0.2) is 42.5 Å². The van der Waals surface area contributed by atoms with Gasteiger partial charge in [0.25, 0.3) is 5.69 Å². The Hall–Kier alpha value is -3.42. The first kappa shape index (κ1) is 17.9. The molecule has 25 heavy (non-hydrogen) atoms. The summed E-state index contributed by atoms with van der Waals surface area (Å²) in [4.78, 5) is 33.9. The molecule has 0 aliphatic rings. The molecule has 3 amide bonds. The SMILES string of the molecule is Cc1cccc(NC(=O)NC(=O)CNc2cccc([N+](=O)[O-])c2)c1C. The lowest BCUT2D eigenvalue weighted by molar-refractivity contribution is -0.384. The highest BCUT2D eigenvalue weighted by Gasteiger charge is 2.11. The van der Waals surface area contributed by atoms with Crippen LogP contribution in [-0.4, -0.2) is 23.4 Å². The van der Waals surface area contributed by atoms with Crippen LogP contribution in [0.3, 0.4) is 0 Å². The smallest absolute Gasteiger partial charge is 0.325 e. The molecule has 0 heterocycles. The number of rotatable bonds is 5. The number of nitrogens with one attached hydrogen (secondary N) is 3. The van der Waals surface area contributed by atoms with E-state index in [1.54, 1.807) is 12.1 Å². The topological polar surface area (TPSA) is 113 Å². The molecule has 0 saturated heterocycles. The Morgan fingerprint density at radius 2 is 1.84 bits per heavy atom. The van der Waals surface area contributed by atoms with Gasteiger partial charge in [0.05, 0.1) is 11.5 Å². The Kier molecular flexibility index (Phi) is 5.67. The predicted molar refractivity (Wildman–Crippen MR) is 94.7 cm³/mol. The van der Waals surface area contributed by atoms with Crippen molar-refractivity contribution in [3.63, 3.8) is 0 Å². The van der Waals surface area contributed by atoms with Crippen LogP contribution in [-0.2, 0) is 4.79 Å². The van der Waals surface area contributed by atoms with Crippen molar-refractivity contribution in [2.24, 2.45) is 0 Å². The van der Waals surface area contributed by atoms with Crippen molar-refractivity contribution in [1.82, 2.24) is 5.32 Å². The number of carbonyl (C=O) groups excluding carboxylic acids is 2. The summed E-state index contributed by atoms with van der Waals surface area (Å²) < 4.78 is 0. The second kappa shape index (κ2) is 7.91. The number of aryl methyl sites for hydroxylation is 1. The van der Waals surface area contributed by atoms with Gasteiger partial charge in [0, 0.05) is 23.5 Å². The summed E-state index contributed by atoms with van der Waals surface area (Å²) in [7, 11) is 0. The number of hydrogen-bond acceptors (Lipinski definition) is 5. The van der Waals surface area contributed by atoms with E-state index in [1.807, 2.05) is 26.0 Å². The molecule has 130 valence electrons. The van der Waals surface area contributed by atoms with Gasteiger partial charge in [0.2, 0.25) is 5.91 Å². The minimum atomic E-state index is -0.639. The first-order chi connectivity index (χ1) is 11.9. The third-order valence-corrected chi connectivity index (χ3v) is 3.62. The number of urea groups is 1. The van der Waals surface area contributed by atoms with Gasteiger partial charge in [0.1, 0.15) is 0 Å². The lowest BCUT2D eigenvalue weighted by Gasteiger charge is -2.11. The lowest BCUT2D eigenvalue weighted by Crippen LogP contribution is -2.38. The number of amides is 3. The molecule has 8 heteroatoms. The van der Waals surface area contributed by atoms with E-state index in [9.17, 15) is 19.7 Å². The zero-order valence-corrected chi connectivity index (χ0v) is 13.8. The van der Waals surface area contributed by atoms with Crippen molar-refractivity contribution in [3.8, 4) is 0 Å². The van der Waals surface area contributed by atoms with Crippen LogP contribution < -0.4 is 16.0 Å². The minimum absolute atomic E-state index is 0.0851. The molecule has 3 N–H and O–H groups in total. The molecule has 0 unspecified atom stereocenters. The second-order valence-corrected chi connectivity index (χ2v) is 5.41. The molecule has 0 aliphatic heterocycles. The Morgan fingerprint density at radius 3 is 2.56 bits per heavy atom. The van der Waals surface area contributed by atoms with Gasteiger partial charge >= 0.3 is 6.03 Å². The van der Waals surface area contributed by atoms with Gasteiger partial charge in [-0.3, -0.25) is 20.2 Å². The van der Waals surface area contributed by atoms with Crippen LogP contribution in [0.25, 0.3) is 0 Å². The number of nitrogens with zero attached hydrogens (tertiary/aromatic N) is 1. The number of nitro groups is 1. The van der Waals surface area contributed by atoms with Crippen molar-refractivity contribution in [1.29, 1.82) is 0 Å². The van der Waals surface area contributed by atoms with Crippen LogP contribution in [0.4, 0.5) is 21.9 Å². The Labute approximate surface area is 144 Å². The first-order valence-corrected chi connectivity index (χ1v) is 7.52. The Bertz CT molecular complexity index is 820. The molecule has 2 aromatic carbocycles. The molecule has 2 rings (SSSR count). The second-order valence-electron chi connectivity index (χ2n) is 5.41. The summed E-state index contributed by atoms with van der Waals surface area (Å²) in [5.74, 6) is -0.561. The van der Waals surface area contributed by atoms with E-state index in [1.165, 1.54) is 18.2 Å². The number of benzene rings is 2. The van der Waals surface area contributed by atoms with Crippen LogP contribution in [0.2, 0.25) is 0 Å². The molecule has 0 aliphatic carbocycles. The summed E-state index contributed by atoms with van der Waals surface area (Å²) in [6.07, 6.45) is 0. The van der Waals surface area contributed by atoms with Crippen molar-refractivity contribution in [3.05, 3.63) is 63.7 Å². The maximum atomic E-state index is 11.9. The zero-order chi connectivity index (χ0) is 18.4. The quantitative estimate of drug-likeness (QED) is 0.571. The van der Waals surface area contributed by atoms with Gasteiger partial charge in [-0.05, 0) is 37.1 Å². The first-order valence-electron chi connectivity index (χ1n) is 7.52. The van der Waals surface area contributed by atoms with Crippen LogP contribution >= 0.6 is 0 Å². The maximum absolute atomic E-state index is 11.9. The fourth-order valence-corrected chi connectivity index (χ4v) is 2.12. The van der Waals surface area contributed by atoms with E-state index in [0.717, 1.165) is 11.1 Å². The Balaban J connectivity index is 1.87.